The molecule has 1 aromatic rings. The number of carbonyl (C=O) groups is 1. The van der Waals surface area contributed by atoms with Crippen LogP contribution in [0, 0.1) is 11.3 Å². The standard InChI is InChI=1S/C17H22N2O/c18-13-14-19(16-9-5-2-6-10-16)17(20)12-11-15-7-3-1-4-8-15/h1,3-4,7-8,16H,2,5-6,9-12,14H2. The molecule has 1 aromatic carbocycles. The van der Waals surface area contributed by atoms with Gasteiger partial charge in [-0.25, -0.2) is 0 Å². The van der Waals surface area contributed by atoms with Crippen LogP contribution in [-0.4, -0.2) is 23.4 Å². The first-order chi connectivity index (χ1) is 9.81. The largest absolute Gasteiger partial charge is 0.326 e. The van der Waals surface area contributed by atoms with Gasteiger partial charge in [0.2, 0.25) is 5.91 Å². The Bertz CT molecular complexity index is 458. The van der Waals surface area contributed by atoms with Gasteiger partial charge in [0.25, 0.3) is 0 Å². The zero-order valence-corrected chi connectivity index (χ0v) is 11.9. The summed E-state index contributed by atoms with van der Waals surface area (Å²) < 4.78 is 0. The topological polar surface area (TPSA) is 44.1 Å². The van der Waals surface area contributed by atoms with Crippen molar-refractivity contribution in [2.24, 2.45) is 0 Å². The summed E-state index contributed by atoms with van der Waals surface area (Å²) in [6.45, 7) is 0.234. The maximum atomic E-state index is 12.4. The lowest BCUT2D eigenvalue weighted by molar-refractivity contribution is -0.133. The molecule has 0 heterocycles. The van der Waals surface area contributed by atoms with Gasteiger partial charge in [0.15, 0.2) is 0 Å². The van der Waals surface area contributed by atoms with E-state index in [1.165, 1.54) is 24.8 Å². The molecule has 106 valence electrons. The van der Waals surface area contributed by atoms with E-state index in [0.29, 0.717) is 6.42 Å². The normalized spacial score (nSPS) is 15.6. The van der Waals surface area contributed by atoms with E-state index in [2.05, 4.69) is 6.07 Å². The van der Waals surface area contributed by atoms with Crippen molar-refractivity contribution in [3.63, 3.8) is 0 Å². The van der Waals surface area contributed by atoms with E-state index < -0.39 is 0 Å². The van der Waals surface area contributed by atoms with E-state index in [0.717, 1.165) is 19.3 Å². The average molecular weight is 270 g/mol. The van der Waals surface area contributed by atoms with E-state index in [9.17, 15) is 4.79 Å². The van der Waals surface area contributed by atoms with Gasteiger partial charge in [0.1, 0.15) is 6.54 Å². The van der Waals surface area contributed by atoms with Crippen molar-refractivity contribution in [2.45, 2.75) is 51.0 Å². The van der Waals surface area contributed by atoms with Crippen molar-refractivity contribution >= 4 is 5.91 Å². The Labute approximate surface area is 121 Å². The molecule has 1 aliphatic rings. The summed E-state index contributed by atoms with van der Waals surface area (Å²) in [5.74, 6) is 0.127. The smallest absolute Gasteiger partial charge is 0.224 e. The highest BCUT2D eigenvalue weighted by molar-refractivity contribution is 5.77. The highest BCUT2D eigenvalue weighted by Crippen LogP contribution is 2.23. The molecule has 1 fully saturated rings. The number of nitriles is 1. The van der Waals surface area contributed by atoms with Gasteiger partial charge in [0.05, 0.1) is 6.07 Å². The number of benzene rings is 1. The maximum absolute atomic E-state index is 12.4. The first kappa shape index (κ1) is 14.6. The highest BCUT2D eigenvalue weighted by Gasteiger charge is 2.24. The molecule has 0 bridgehead atoms. The monoisotopic (exact) mass is 270 g/mol. The van der Waals surface area contributed by atoms with Crippen LogP contribution in [0.25, 0.3) is 0 Å². The van der Waals surface area contributed by atoms with Crippen LogP contribution in [0.5, 0.6) is 0 Å². The summed E-state index contributed by atoms with van der Waals surface area (Å²) >= 11 is 0. The van der Waals surface area contributed by atoms with E-state index in [4.69, 9.17) is 5.26 Å². The lowest BCUT2D eigenvalue weighted by Gasteiger charge is -2.32. The number of hydrogen-bond donors (Lipinski definition) is 0. The molecule has 3 heteroatoms. The second-order valence-electron chi connectivity index (χ2n) is 5.46. The quantitative estimate of drug-likeness (QED) is 0.770. The van der Waals surface area contributed by atoms with Crippen LogP contribution in [0.3, 0.4) is 0 Å². The molecule has 20 heavy (non-hydrogen) atoms. The van der Waals surface area contributed by atoms with Crippen LogP contribution < -0.4 is 0 Å². The van der Waals surface area contributed by atoms with Crippen molar-refractivity contribution in [3.8, 4) is 6.07 Å². The fourth-order valence-corrected chi connectivity index (χ4v) is 2.93. The van der Waals surface area contributed by atoms with E-state index in [1.807, 2.05) is 35.2 Å². The third-order valence-electron chi connectivity index (χ3n) is 4.05. The van der Waals surface area contributed by atoms with Crippen molar-refractivity contribution < 1.29 is 4.79 Å². The first-order valence-electron chi connectivity index (χ1n) is 7.51. The summed E-state index contributed by atoms with van der Waals surface area (Å²) in [6, 6.07) is 12.5. The van der Waals surface area contributed by atoms with Crippen LogP contribution >= 0.6 is 0 Å². The Balaban J connectivity index is 1.91. The molecule has 0 atom stereocenters. The van der Waals surface area contributed by atoms with Crippen LogP contribution in [0.1, 0.15) is 44.1 Å². The average Bonchev–Trinajstić information content (AvgIpc) is 2.52. The zero-order valence-electron chi connectivity index (χ0n) is 11.9. The van der Waals surface area contributed by atoms with Gasteiger partial charge in [-0.1, -0.05) is 49.6 Å². The van der Waals surface area contributed by atoms with Gasteiger partial charge in [-0.3, -0.25) is 4.79 Å². The molecule has 0 aliphatic heterocycles. The summed E-state index contributed by atoms with van der Waals surface area (Å²) in [7, 11) is 0. The van der Waals surface area contributed by atoms with Crippen molar-refractivity contribution in [3.05, 3.63) is 35.9 Å². The number of amides is 1. The molecule has 0 unspecified atom stereocenters. The molecule has 1 saturated carbocycles. The maximum Gasteiger partial charge on any atom is 0.224 e. The second-order valence-corrected chi connectivity index (χ2v) is 5.46. The number of hydrogen-bond acceptors (Lipinski definition) is 2. The molecule has 1 amide bonds. The minimum Gasteiger partial charge on any atom is -0.326 e. The van der Waals surface area contributed by atoms with Gasteiger partial charge in [0, 0.05) is 12.5 Å². The highest BCUT2D eigenvalue weighted by atomic mass is 16.2. The Morgan fingerprint density at radius 1 is 1.20 bits per heavy atom. The lowest BCUT2D eigenvalue weighted by Crippen LogP contribution is -2.41. The third-order valence-corrected chi connectivity index (χ3v) is 4.05. The van der Waals surface area contributed by atoms with E-state index in [-0.39, 0.29) is 18.5 Å². The molecule has 2 rings (SSSR count). The van der Waals surface area contributed by atoms with Gasteiger partial charge in [-0.15, -0.1) is 0 Å². The van der Waals surface area contributed by atoms with Gasteiger partial charge >= 0.3 is 0 Å². The number of nitrogens with zero attached hydrogens (tertiary/aromatic N) is 2. The lowest BCUT2D eigenvalue weighted by atomic mass is 9.94. The van der Waals surface area contributed by atoms with Crippen LogP contribution in [0.2, 0.25) is 0 Å². The number of aryl methyl sites for hydroxylation is 1. The molecule has 0 radical (unpaired) electrons. The predicted octanol–water partition coefficient (Wildman–Crippen LogP) is 3.30. The van der Waals surface area contributed by atoms with Gasteiger partial charge < -0.3 is 4.90 Å². The second kappa shape index (κ2) is 7.69. The predicted molar refractivity (Wildman–Crippen MR) is 79.0 cm³/mol. The molecular formula is C17H22N2O. The van der Waals surface area contributed by atoms with Gasteiger partial charge in [-0.2, -0.15) is 5.26 Å². The fourth-order valence-electron chi connectivity index (χ4n) is 2.93. The molecular weight excluding hydrogens is 248 g/mol. The van der Waals surface area contributed by atoms with Crippen molar-refractivity contribution in [2.75, 3.05) is 6.54 Å². The molecule has 0 N–H and O–H groups in total. The summed E-state index contributed by atoms with van der Waals surface area (Å²) in [4.78, 5) is 14.2. The summed E-state index contributed by atoms with van der Waals surface area (Å²) in [5.41, 5.74) is 1.18. The minimum atomic E-state index is 0.127. The van der Waals surface area contributed by atoms with Crippen molar-refractivity contribution in [1.29, 1.82) is 5.26 Å². The summed E-state index contributed by atoms with van der Waals surface area (Å²) in [5, 5.41) is 8.96. The molecule has 3 nitrogen and oxygen atoms in total. The minimum absolute atomic E-state index is 0.127. The molecule has 0 spiro atoms. The number of carbonyl (C=O) groups excluding carboxylic acids is 1. The first-order valence-corrected chi connectivity index (χ1v) is 7.51. The molecule has 1 aliphatic carbocycles. The van der Waals surface area contributed by atoms with E-state index >= 15 is 0 Å². The Morgan fingerprint density at radius 3 is 2.55 bits per heavy atom. The zero-order chi connectivity index (χ0) is 14.2. The Kier molecular flexibility index (Phi) is 5.61. The van der Waals surface area contributed by atoms with Crippen LogP contribution in [0.4, 0.5) is 0 Å². The Hall–Kier alpha value is -1.82. The Morgan fingerprint density at radius 2 is 1.90 bits per heavy atom. The third kappa shape index (κ3) is 4.09. The molecule has 0 saturated heterocycles. The van der Waals surface area contributed by atoms with Crippen molar-refractivity contribution in [1.82, 2.24) is 4.90 Å². The molecule has 0 aromatic heterocycles. The SMILES string of the molecule is N#CCN(C(=O)CCc1ccccc1)C1CCCCC1. The van der Waals surface area contributed by atoms with Gasteiger partial charge in [-0.05, 0) is 24.8 Å². The van der Waals surface area contributed by atoms with E-state index in [1.54, 1.807) is 0 Å². The number of rotatable bonds is 5. The van der Waals surface area contributed by atoms with Crippen LogP contribution in [0.15, 0.2) is 30.3 Å². The van der Waals surface area contributed by atoms with Crippen LogP contribution in [-0.2, 0) is 11.2 Å². The fraction of sp³-hybridized carbons (Fsp3) is 0.529. The summed E-state index contributed by atoms with van der Waals surface area (Å²) in [6.07, 6.45) is 6.99.